The Labute approximate surface area is 103 Å². The highest BCUT2D eigenvalue weighted by atomic mass is 16.4. The van der Waals surface area contributed by atoms with Gasteiger partial charge in [-0.2, -0.15) is 0 Å². The fourth-order valence-corrected chi connectivity index (χ4v) is 1.64. The molecule has 0 fully saturated rings. The zero-order chi connectivity index (χ0) is 13.0. The van der Waals surface area contributed by atoms with Crippen LogP contribution in [0.15, 0.2) is 24.3 Å². The second-order valence-electron chi connectivity index (χ2n) is 3.77. The molecule has 7 heteroatoms. The molecule has 1 aromatic carbocycles. The fraction of sp³-hybridized carbons (Fsp3) is 0.273. The number of aromatic carboxylic acids is 1. The molecule has 0 saturated carbocycles. The molecule has 0 aliphatic carbocycles. The van der Waals surface area contributed by atoms with Gasteiger partial charge in [0.2, 0.25) is 5.95 Å². The molecular formula is C11H13N5O2. The highest BCUT2D eigenvalue weighted by Crippen LogP contribution is 2.09. The van der Waals surface area contributed by atoms with Crippen LogP contribution in [-0.2, 0) is 13.5 Å². The monoisotopic (exact) mass is 247 g/mol. The maximum absolute atomic E-state index is 11.0. The van der Waals surface area contributed by atoms with Gasteiger partial charge in [0.25, 0.3) is 0 Å². The number of aryl methyl sites for hydroxylation is 1. The van der Waals surface area contributed by atoms with Gasteiger partial charge < -0.3 is 10.4 Å². The summed E-state index contributed by atoms with van der Waals surface area (Å²) in [7, 11) is 1.73. The Morgan fingerprint density at radius 2 is 2.22 bits per heavy atom. The van der Waals surface area contributed by atoms with Crippen molar-refractivity contribution in [3.63, 3.8) is 0 Å². The molecule has 1 aromatic heterocycles. The minimum absolute atomic E-state index is 0.329. The van der Waals surface area contributed by atoms with Crippen LogP contribution in [0.2, 0.25) is 0 Å². The van der Waals surface area contributed by atoms with E-state index in [1.54, 1.807) is 25.2 Å². The van der Waals surface area contributed by atoms with E-state index in [2.05, 4.69) is 20.8 Å². The van der Waals surface area contributed by atoms with Gasteiger partial charge >= 0.3 is 5.97 Å². The third-order valence-corrected chi connectivity index (χ3v) is 2.55. The van der Waals surface area contributed by atoms with E-state index in [9.17, 15) is 4.79 Å². The van der Waals surface area contributed by atoms with Gasteiger partial charge in [0, 0.05) is 13.6 Å². The maximum atomic E-state index is 11.0. The van der Waals surface area contributed by atoms with Crippen molar-refractivity contribution < 1.29 is 9.90 Å². The first kappa shape index (κ1) is 12.0. The number of nitrogens with one attached hydrogen (secondary N) is 1. The van der Waals surface area contributed by atoms with Crippen LogP contribution in [0, 0.1) is 0 Å². The van der Waals surface area contributed by atoms with Crippen molar-refractivity contribution in [2.24, 2.45) is 7.05 Å². The van der Waals surface area contributed by atoms with E-state index in [4.69, 9.17) is 5.11 Å². The molecule has 0 radical (unpaired) electrons. The SMILES string of the molecule is Cn1nnnc1NCCc1ccccc1C(=O)O. The van der Waals surface area contributed by atoms with Crippen LogP contribution in [0.3, 0.4) is 0 Å². The van der Waals surface area contributed by atoms with Crippen LogP contribution < -0.4 is 5.32 Å². The highest BCUT2D eigenvalue weighted by Gasteiger charge is 2.08. The lowest BCUT2D eigenvalue weighted by molar-refractivity contribution is 0.0695. The molecule has 0 bridgehead atoms. The minimum Gasteiger partial charge on any atom is -0.478 e. The summed E-state index contributed by atoms with van der Waals surface area (Å²) in [5, 5.41) is 23.0. The van der Waals surface area contributed by atoms with E-state index in [-0.39, 0.29) is 0 Å². The predicted octanol–water partition coefficient (Wildman–Crippen LogP) is 0.563. The number of nitrogens with zero attached hydrogens (tertiary/aromatic N) is 4. The van der Waals surface area contributed by atoms with E-state index < -0.39 is 5.97 Å². The lowest BCUT2D eigenvalue weighted by Gasteiger charge is -2.06. The van der Waals surface area contributed by atoms with E-state index in [0.717, 1.165) is 5.56 Å². The van der Waals surface area contributed by atoms with Crippen molar-refractivity contribution in [3.05, 3.63) is 35.4 Å². The van der Waals surface area contributed by atoms with Crippen LogP contribution in [0.5, 0.6) is 0 Å². The number of benzene rings is 1. The fourth-order valence-electron chi connectivity index (χ4n) is 1.64. The Bertz CT molecular complexity index is 552. The number of carboxylic acids is 1. The van der Waals surface area contributed by atoms with E-state index in [0.29, 0.717) is 24.5 Å². The summed E-state index contributed by atoms with van der Waals surface area (Å²) >= 11 is 0. The Morgan fingerprint density at radius 3 is 2.89 bits per heavy atom. The molecule has 94 valence electrons. The molecule has 0 atom stereocenters. The standard InChI is InChI=1S/C11H13N5O2/c1-16-11(13-14-15-16)12-7-6-8-4-2-3-5-9(8)10(17)18/h2-5H,6-7H2,1H3,(H,17,18)(H,12,13,15). The first-order valence-corrected chi connectivity index (χ1v) is 5.46. The quantitative estimate of drug-likeness (QED) is 0.802. The molecule has 7 nitrogen and oxygen atoms in total. The molecule has 0 unspecified atom stereocenters. The number of anilines is 1. The number of tetrazole rings is 1. The van der Waals surface area contributed by atoms with Gasteiger partial charge in [-0.15, -0.1) is 0 Å². The summed E-state index contributed by atoms with van der Waals surface area (Å²) in [6, 6.07) is 6.94. The second kappa shape index (κ2) is 5.26. The van der Waals surface area contributed by atoms with Gasteiger partial charge in [-0.25, -0.2) is 9.48 Å². The molecule has 0 aliphatic rings. The molecule has 1 heterocycles. The van der Waals surface area contributed by atoms with Crippen LogP contribution in [0.4, 0.5) is 5.95 Å². The maximum Gasteiger partial charge on any atom is 0.335 e. The summed E-state index contributed by atoms with van der Waals surface area (Å²) in [6.07, 6.45) is 0.593. The van der Waals surface area contributed by atoms with Crippen molar-refractivity contribution in [2.75, 3.05) is 11.9 Å². The number of aromatic nitrogens is 4. The second-order valence-corrected chi connectivity index (χ2v) is 3.77. The first-order valence-electron chi connectivity index (χ1n) is 5.46. The van der Waals surface area contributed by atoms with E-state index in [1.165, 1.54) is 4.68 Å². The van der Waals surface area contributed by atoms with Crippen molar-refractivity contribution in [2.45, 2.75) is 6.42 Å². The topological polar surface area (TPSA) is 92.9 Å². The van der Waals surface area contributed by atoms with Crippen LogP contribution in [-0.4, -0.2) is 37.8 Å². The lowest BCUT2D eigenvalue weighted by Crippen LogP contribution is -2.11. The number of carbonyl (C=O) groups is 1. The number of hydrogen-bond donors (Lipinski definition) is 2. The van der Waals surface area contributed by atoms with Crippen molar-refractivity contribution >= 4 is 11.9 Å². The zero-order valence-electron chi connectivity index (χ0n) is 9.87. The van der Waals surface area contributed by atoms with Crippen LogP contribution in [0.1, 0.15) is 15.9 Å². The molecule has 18 heavy (non-hydrogen) atoms. The minimum atomic E-state index is -0.911. The molecule has 0 saturated heterocycles. The lowest BCUT2D eigenvalue weighted by atomic mass is 10.0. The molecule has 2 rings (SSSR count). The zero-order valence-corrected chi connectivity index (χ0v) is 9.87. The van der Waals surface area contributed by atoms with Crippen molar-refractivity contribution in [3.8, 4) is 0 Å². The average Bonchev–Trinajstić information content (AvgIpc) is 2.76. The molecule has 0 aliphatic heterocycles. The number of rotatable bonds is 5. The van der Waals surface area contributed by atoms with Gasteiger partial charge in [0.05, 0.1) is 5.56 Å². The summed E-state index contributed by atoms with van der Waals surface area (Å²) in [4.78, 5) is 11.0. The van der Waals surface area contributed by atoms with Crippen LogP contribution >= 0.6 is 0 Å². The van der Waals surface area contributed by atoms with Gasteiger partial charge in [0.1, 0.15) is 0 Å². The Morgan fingerprint density at radius 1 is 1.44 bits per heavy atom. The van der Waals surface area contributed by atoms with Crippen molar-refractivity contribution in [1.29, 1.82) is 0 Å². The van der Waals surface area contributed by atoms with Crippen molar-refractivity contribution in [1.82, 2.24) is 20.2 Å². The summed E-state index contributed by atoms with van der Waals surface area (Å²) in [6.45, 7) is 0.568. The summed E-state index contributed by atoms with van der Waals surface area (Å²) in [5.74, 6) is -0.353. The molecule has 2 aromatic rings. The Hall–Kier alpha value is -2.44. The molecule has 2 N–H and O–H groups in total. The predicted molar refractivity (Wildman–Crippen MR) is 64.4 cm³/mol. The normalized spacial score (nSPS) is 10.3. The Kier molecular flexibility index (Phi) is 3.52. The smallest absolute Gasteiger partial charge is 0.335 e. The third-order valence-electron chi connectivity index (χ3n) is 2.55. The highest BCUT2D eigenvalue weighted by molar-refractivity contribution is 5.89. The number of carboxylic acid groups (broad SMARTS) is 1. The number of hydrogen-bond acceptors (Lipinski definition) is 5. The molecule has 0 amide bonds. The first-order chi connectivity index (χ1) is 8.68. The molecule has 0 spiro atoms. The summed E-state index contributed by atoms with van der Waals surface area (Å²) < 4.78 is 1.52. The van der Waals surface area contributed by atoms with Gasteiger partial charge in [-0.1, -0.05) is 23.3 Å². The van der Waals surface area contributed by atoms with Crippen LogP contribution in [0.25, 0.3) is 0 Å². The van der Waals surface area contributed by atoms with Gasteiger partial charge in [0.15, 0.2) is 0 Å². The van der Waals surface area contributed by atoms with Gasteiger partial charge in [-0.05, 0) is 28.5 Å². The molecular weight excluding hydrogens is 234 g/mol. The van der Waals surface area contributed by atoms with Gasteiger partial charge in [-0.3, -0.25) is 0 Å². The van der Waals surface area contributed by atoms with E-state index >= 15 is 0 Å². The average molecular weight is 247 g/mol. The largest absolute Gasteiger partial charge is 0.478 e. The summed E-state index contributed by atoms with van der Waals surface area (Å²) in [5.41, 5.74) is 1.11. The Balaban J connectivity index is 1.99. The third kappa shape index (κ3) is 2.62. The van der Waals surface area contributed by atoms with E-state index in [1.807, 2.05) is 6.07 Å².